The summed E-state index contributed by atoms with van der Waals surface area (Å²) in [5.41, 5.74) is 0.646. The van der Waals surface area contributed by atoms with Crippen molar-refractivity contribution in [3.8, 4) is 0 Å². The molecule has 2 aromatic heterocycles. The molecule has 16 heavy (non-hydrogen) atoms. The van der Waals surface area contributed by atoms with Gasteiger partial charge in [0.05, 0.1) is 0 Å². The van der Waals surface area contributed by atoms with Crippen molar-refractivity contribution < 1.29 is 0 Å². The molecule has 1 N–H and O–H groups in total. The highest BCUT2D eigenvalue weighted by Gasteiger charge is 1.99. The van der Waals surface area contributed by atoms with Gasteiger partial charge in [0.2, 0.25) is 0 Å². The Kier molecular flexibility index (Phi) is 3.87. The molecule has 0 unspecified atom stereocenters. The second-order valence-electron chi connectivity index (χ2n) is 3.42. The Balaban J connectivity index is 1.84. The van der Waals surface area contributed by atoms with Crippen molar-refractivity contribution in [3.63, 3.8) is 0 Å². The maximum atomic E-state index is 5.59. The zero-order valence-corrected chi connectivity index (χ0v) is 9.56. The van der Waals surface area contributed by atoms with Crippen LogP contribution >= 0.6 is 11.6 Å². The molecule has 2 aromatic rings. The van der Waals surface area contributed by atoms with Gasteiger partial charge in [0.25, 0.3) is 0 Å². The molecule has 7 heteroatoms. The summed E-state index contributed by atoms with van der Waals surface area (Å²) < 4.78 is 1.40. The quantitative estimate of drug-likeness (QED) is 0.610. The molecule has 0 aliphatic heterocycles. The lowest BCUT2D eigenvalue weighted by atomic mass is 10.2. The van der Waals surface area contributed by atoms with Crippen LogP contribution in [0.2, 0.25) is 0 Å². The monoisotopic (exact) mass is 240 g/mol. The van der Waals surface area contributed by atoms with E-state index in [2.05, 4.69) is 25.9 Å². The smallest absolute Gasteiger partial charge is 0.200 e. The van der Waals surface area contributed by atoms with E-state index in [-0.39, 0.29) is 0 Å². The van der Waals surface area contributed by atoms with Crippen molar-refractivity contribution in [2.75, 3.05) is 17.7 Å². The highest BCUT2D eigenvalue weighted by atomic mass is 35.5. The number of unbranched alkanes of at least 4 members (excludes halogenated alkanes) is 2. The van der Waals surface area contributed by atoms with Gasteiger partial charge >= 0.3 is 0 Å². The number of nitrogens with one attached hydrogen (secondary N) is 1. The summed E-state index contributed by atoms with van der Waals surface area (Å²) in [7, 11) is 0. The Morgan fingerprint density at radius 3 is 3.06 bits per heavy atom. The SMILES string of the molecule is ClCCCCCNc1ccc2nnnn2n1. The van der Waals surface area contributed by atoms with E-state index in [0.717, 1.165) is 37.5 Å². The molecule has 0 aliphatic rings. The van der Waals surface area contributed by atoms with Gasteiger partial charge in [-0.1, -0.05) is 6.42 Å². The molecule has 0 bridgehead atoms. The number of anilines is 1. The molecule has 0 radical (unpaired) electrons. The molecule has 2 heterocycles. The molecule has 86 valence electrons. The van der Waals surface area contributed by atoms with Crippen LogP contribution in [0.4, 0.5) is 5.82 Å². The minimum Gasteiger partial charge on any atom is -0.369 e. The van der Waals surface area contributed by atoms with E-state index < -0.39 is 0 Å². The van der Waals surface area contributed by atoms with E-state index in [1.807, 2.05) is 12.1 Å². The van der Waals surface area contributed by atoms with Crippen LogP contribution < -0.4 is 5.32 Å². The van der Waals surface area contributed by atoms with E-state index in [1.54, 1.807) is 0 Å². The molecule has 0 saturated carbocycles. The molecule has 0 atom stereocenters. The zero-order valence-electron chi connectivity index (χ0n) is 8.80. The Hall–Kier alpha value is -1.43. The average molecular weight is 241 g/mol. The zero-order chi connectivity index (χ0) is 11.2. The largest absolute Gasteiger partial charge is 0.369 e. The van der Waals surface area contributed by atoms with Gasteiger partial charge in [-0.2, -0.15) is 0 Å². The lowest BCUT2D eigenvalue weighted by molar-refractivity contribution is 0.721. The van der Waals surface area contributed by atoms with Crippen LogP contribution in [0.3, 0.4) is 0 Å². The number of hydrogen-bond donors (Lipinski definition) is 1. The molecule has 0 saturated heterocycles. The third kappa shape index (κ3) is 2.79. The fourth-order valence-corrected chi connectivity index (χ4v) is 1.55. The normalized spacial score (nSPS) is 10.8. The summed E-state index contributed by atoms with van der Waals surface area (Å²) in [6.45, 7) is 0.886. The fraction of sp³-hybridized carbons (Fsp3) is 0.556. The van der Waals surface area contributed by atoms with Gasteiger partial charge in [-0.25, -0.2) is 0 Å². The van der Waals surface area contributed by atoms with Crippen LogP contribution in [0.15, 0.2) is 12.1 Å². The van der Waals surface area contributed by atoms with Gasteiger partial charge in [0.15, 0.2) is 5.65 Å². The number of alkyl halides is 1. The van der Waals surface area contributed by atoms with Crippen LogP contribution in [-0.4, -0.2) is 37.7 Å². The molecule has 0 amide bonds. The van der Waals surface area contributed by atoms with Gasteiger partial charge in [-0.3, -0.25) is 0 Å². The predicted octanol–water partition coefficient (Wildman–Crippen LogP) is 1.34. The second kappa shape index (κ2) is 5.60. The number of tetrazole rings is 1. The fourth-order valence-electron chi connectivity index (χ4n) is 1.36. The number of halogens is 1. The molecular weight excluding hydrogens is 228 g/mol. The summed E-state index contributed by atoms with van der Waals surface area (Å²) in [6, 6.07) is 3.70. The maximum Gasteiger partial charge on any atom is 0.200 e. The van der Waals surface area contributed by atoms with Crippen molar-refractivity contribution >= 4 is 23.1 Å². The summed E-state index contributed by atoms with van der Waals surface area (Å²) in [5, 5.41) is 18.4. The Labute approximate surface area is 98.0 Å². The van der Waals surface area contributed by atoms with Crippen LogP contribution in [0.1, 0.15) is 19.3 Å². The third-order valence-electron chi connectivity index (χ3n) is 2.19. The number of rotatable bonds is 6. The van der Waals surface area contributed by atoms with E-state index in [0.29, 0.717) is 5.65 Å². The molecule has 0 aromatic carbocycles. The van der Waals surface area contributed by atoms with Gasteiger partial charge in [0, 0.05) is 12.4 Å². The average Bonchev–Trinajstić information content (AvgIpc) is 2.76. The topological polar surface area (TPSA) is 68.0 Å². The molecule has 6 nitrogen and oxygen atoms in total. The van der Waals surface area contributed by atoms with Gasteiger partial charge in [0.1, 0.15) is 5.82 Å². The minimum absolute atomic E-state index is 0.646. The summed E-state index contributed by atoms with van der Waals surface area (Å²) in [4.78, 5) is 0. The summed E-state index contributed by atoms with van der Waals surface area (Å²) in [5.74, 6) is 1.51. The van der Waals surface area contributed by atoms with Crippen molar-refractivity contribution in [1.82, 2.24) is 25.3 Å². The van der Waals surface area contributed by atoms with E-state index in [4.69, 9.17) is 11.6 Å². The number of hydrogen-bond acceptors (Lipinski definition) is 5. The summed E-state index contributed by atoms with van der Waals surface area (Å²) >= 11 is 5.59. The number of fused-ring (bicyclic) bond motifs is 1. The van der Waals surface area contributed by atoms with Crippen LogP contribution in [0, 0.1) is 0 Å². The Morgan fingerprint density at radius 2 is 2.19 bits per heavy atom. The standard InChI is InChI=1S/C9H13ClN6/c10-6-2-1-3-7-11-8-4-5-9-12-14-15-16(9)13-8/h4-5H,1-3,6-7H2,(H,11,13). The third-order valence-corrected chi connectivity index (χ3v) is 2.45. The highest BCUT2D eigenvalue weighted by molar-refractivity contribution is 6.17. The highest BCUT2D eigenvalue weighted by Crippen LogP contribution is 2.04. The van der Waals surface area contributed by atoms with Gasteiger partial charge < -0.3 is 5.32 Å². The number of nitrogens with zero attached hydrogens (tertiary/aromatic N) is 5. The molecule has 0 fully saturated rings. The molecule has 0 spiro atoms. The molecule has 2 rings (SSSR count). The van der Waals surface area contributed by atoms with Gasteiger partial charge in [-0.15, -0.1) is 26.4 Å². The second-order valence-corrected chi connectivity index (χ2v) is 3.80. The van der Waals surface area contributed by atoms with E-state index in [1.165, 1.54) is 4.63 Å². The lowest BCUT2D eigenvalue weighted by Gasteiger charge is -2.03. The van der Waals surface area contributed by atoms with Gasteiger partial charge in [-0.05, 0) is 35.4 Å². The van der Waals surface area contributed by atoms with Crippen LogP contribution in [0.5, 0.6) is 0 Å². The van der Waals surface area contributed by atoms with Crippen molar-refractivity contribution in [2.45, 2.75) is 19.3 Å². The van der Waals surface area contributed by atoms with E-state index >= 15 is 0 Å². The first kappa shape index (κ1) is 11.1. The molecular formula is C9H13ClN6. The van der Waals surface area contributed by atoms with Crippen molar-refractivity contribution in [3.05, 3.63) is 12.1 Å². The first-order valence-corrected chi connectivity index (χ1v) is 5.79. The Morgan fingerprint density at radius 1 is 1.25 bits per heavy atom. The first-order chi connectivity index (χ1) is 7.90. The van der Waals surface area contributed by atoms with Crippen LogP contribution in [0.25, 0.3) is 5.65 Å². The van der Waals surface area contributed by atoms with E-state index in [9.17, 15) is 0 Å². The van der Waals surface area contributed by atoms with Crippen molar-refractivity contribution in [2.24, 2.45) is 0 Å². The first-order valence-electron chi connectivity index (χ1n) is 5.25. The maximum absolute atomic E-state index is 5.59. The predicted molar refractivity (Wildman–Crippen MR) is 61.6 cm³/mol. The summed E-state index contributed by atoms with van der Waals surface area (Å²) in [6.07, 6.45) is 3.27. The minimum atomic E-state index is 0.646. The molecule has 0 aliphatic carbocycles. The lowest BCUT2D eigenvalue weighted by Crippen LogP contribution is -2.06. The van der Waals surface area contributed by atoms with Crippen LogP contribution in [-0.2, 0) is 0 Å². The van der Waals surface area contributed by atoms with Crippen molar-refractivity contribution in [1.29, 1.82) is 0 Å². The Bertz CT molecular complexity index is 442. The number of aromatic nitrogens is 5.